The molecule has 17 heavy (non-hydrogen) atoms. The minimum absolute atomic E-state index is 0.0322. The van der Waals surface area contributed by atoms with E-state index in [9.17, 15) is 9.59 Å². The summed E-state index contributed by atoms with van der Waals surface area (Å²) < 4.78 is 0. The van der Waals surface area contributed by atoms with Gasteiger partial charge in [0, 0.05) is 0 Å². The first-order valence-corrected chi connectivity index (χ1v) is 6.24. The molecule has 1 aliphatic heterocycles. The van der Waals surface area contributed by atoms with Gasteiger partial charge in [-0.1, -0.05) is 5.92 Å². The van der Waals surface area contributed by atoms with Crippen LogP contribution in [0.3, 0.4) is 0 Å². The van der Waals surface area contributed by atoms with Gasteiger partial charge in [-0.05, 0) is 44.4 Å². The third kappa shape index (κ3) is 1.45. The zero-order valence-electron chi connectivity index (χ0n) is 9.95. The van der Waals surface area contributed by atoms with Crippen LogP contribution < -0.4 is 5.32 Å². The molecule has 2 aliphatic carbocycles. The van der Waals surface area contributed by atoms with Crippen LogP contribution in [0.1, 0.15) is 32.6 Å². The molecule has 4 heteroatoms. The van der Waals surface area contributed by atoms with Crippen LogP contribution in [0.4, 0.5) is 4.79 Å². The molecule has 4 nitrogen and oxygen atoms in total. The Hall–Kier alpha value is -1.50. The Kier molecular flexibility index (Phi) is 2.19. The van der Waals surface area contributed by atoms with Gasteiger partial charge in [-0.2, -0.15) is 0 Å². The number of hydrogen-bond acceptors (Lipinski definition) is 2. The molecular weight excluding hydrogens is 216 g/mol. The molecule has 0 aromatic carbocycles. The number of carbonyl (C=O) groups is 2. The summed E-state index contributed by atoms with van der Waals surface area (Å²) in [5.74, 6) is 6.23. The van der Waals surface area contributed by atoms with Crippen molar-refractivity contribution in [3.05, 3.63) is 0 Å². The summed E-state index contributed by atoms with van der Waals surface area (Å²) in [6, 6.07) is -0.253. The Morgan fingerprint density at radius 1 is 1.29 bits per heavy atom. The molecule has 2 saturated carbocycles. The molecule has 0 aromatic rings. The van der Waals surface area contributed by atoms with Crippen LogP contribution in [0.25, 0.3) is 0 Å². The van der Waals surface area contributed by atoms with Crippen molar-refractivity contribution >= 4 is 11.9 Å². The fourth-order valence-electron chi connectivity index (χ4n) is 2.88. The summed E-state index contributed by atoms with van der Waals surface area (Å²) in [5, 5.41) is 2.97. The molecule has 0 aromatic heterocycles. The monoisotopic (exact) mass is 232 g/mol. The first-order valence-electron chi connectivity index (χ1n) is 6.24. The summed E-state index contributed by atoms with van der Waals surface area (Å²) in [6.07, 6.45) is 4.26. The molecule has 3 rings (SSSR count). The fraction of sp³-hybridized carbons (Fsp3) is 0.692. The van der Waals surface area contributed by atoms with E-state index in [1.54, 1.807) is 6.92 Å². The zero-order chi connectivity index (χ0) is 12.0. The van der Waals surface area contributed by atoms with E-state index in [1.807, 2.05) is 0 Å². The van der Waals surface area contributed by atoms with E-state index in [0.717, 1.165) is 25.7 Å². The number of amides is 3. The van der Waals surface area contributed by atoms with Crippen molar-refractivity contribution in [3.63, 3.8) is 0 Å². The molecule has 3 fully saturated rings. The quantitative estimate of drug-likeness (QED) is 0.585. The maximum absolute atomic E-state index is 12.5. The van der Waals surface area contributed by atoms with Crippen molar-refractivity contribution in [3.8, 4) is 11.8 Å². The zero-order valence-corrected chi connectivity index (χ0v) is 9.95. The van der Waals surface area contributed by atoms with Crippen molar-refractivity contribution in [1.29, 1.82) is 0 Å². The Bertz CT molecular complexity index is 426. The van der Waals surface area contributed by atoms with Crippen LogP contribution in [-0.2, 0) is 4.79 Å². The predicted molar refractivity (Wildman–Crippen MR) is 61.9 cm³/mol. The fourth-order valence-corrected chi connectivity index (χ4v) is 2.88. The first kappa shape index (κ1) is 10.6. The Morgan fingerprint density at radius 3 is 2.35 bits per heavy atom. The number of nitrogens with one attached hydrogen (secondary N) is 1. The lowest BCUT2D eigenvalue weighted by atomic mass is 9.87. The van der Waals surface area contributed by atoms with Gasteiger partial charge in [-0.25, -0.2) is 4.79 Å². The van der Waals surface area contributed by atoms with Gasteiger partial charge in [0.1, 0.15) is 5.54 Å². The minimum Gasteiger partial charge on any atom is -0.322 e. The third-order valence-electron chi connectivity index (χ3n) is 4.01. The van der Waals surface area contributed by atoms with Crippen LogP contribution in [0.2, 0.25) is 0 Å². The van der Waals surface area contributed by atoms with E-state index in [1.165, 1.54) is 4.90 Å². The van der Waals surface area contributed by atoms with Crippen molar-refractivity contribution in [2.24, 2.45) is 11.8 Å². The van der Waals surface area contributed by atoms with E-state index in [0.29, 0.717) is 11.8 Å². The maximum atomic E-state index is 12.5. The summed E-state index contributed by atoms with van der Waals surface area (Å²) in [5.41, 5.74) is -0.563. The maximum Gasteiger partial charge on any atom is 0.325 e. The third-order valence-corrected chi connectivity index (χ3v) is 4.01. The second-order valence-corrected chi connectivity index (χ2v) is 5.17. The number of urea groups is 1. The summed E-state index contributed by atoms with van der Waals surface area (Å²) >= 11 is 0. The molecule has 3 amide bonds. The Balaban J connectivity index is 1.88. The van der Waals surface area contributed by atoms with Gasteiger partial charge < -0.3 is 5.32 Å². The molecule has 3 aliphatic rings. The van der Waals surface area contributed by atoms with Crippen molar-refractivity contribution in [1.82, 2.24) is 10.2 Å². The molecule has 90 valence electrons. The molecule has 1 saturated heterocycles. The van der Waals surface area contributed by atoms with Crippen LogP contribution in [0.15, 0.2) is 0 Å². The molecular formula is C13H16N2O2. The Labute approximate surface area is 101 Å². The number of carbonyl (C=O) groups excluding carboxylic acids is 2. The van der Waals surface area contributed by atoms with Gasteiger partial charge in [-0.3, -0.25) is 9.69 Å². The van der Waals surface area contributed by atoms with E-state index < -0.39 is 5.54 Å². The lowest BCUT2D eigenvalue weighted by molar-refractivity contribution is -0.132. The number of nitrogens with zero attached hydrogens (tertiary/aromatic N) is 1. The van der Waals surface area contributed by atoms with Crippen LogP contribution in [0, 0.1) is 23.7 Å². The summed E-state index contributed by atoms with van der Waals surface area (Å²) in [4.78, 5) is 25.7. The smallest absolute Gasteiger partial charge is 0.322 e. The Morgan fingerprint density at radius 2 is 1.88 bits per heavy atom. The molecule has 0 bridgehead atoms. The first-order chi connectivity index (χ1) is 8.20. The molecule has 0 unspecified atom stereocenters. The van der Waals surface area contributed by atoms with Crippen LogP contribution >= 0.6 is 0 Å². The largest absolute Gasteiger partial charge is 0.325 e. The normalized spacial score (nSPS) is 26.5. The highest BCUT2D eigenvalue weighted by molar-refractivity contribution is 6.08. The van der Waals surface area contributed by atoms with Crippen molar-refractivity contribution in [2.45, 2.75) is 38.1 Å². The topological polar surface area (TPSA) is 49.4 Å². The molecule has 0 spiro atoms. The summed E-state index contributed by atoms with van der Waals surface area (Å²) in [7, 11) is 0. The SMILES string of the molecule is CC#CCN1C(=O)NC(C2CC2)(C2CC2)C1=O. The van der Waals surface area contributed by atoms with E-state index in [2.05, 4.69) is 17.2 Å². The lowest BCUT2D eigenvalue weighted by Crippen LogP contribution is -2.51. The van der Waals surface area contributed by atoms with Gasteiger partial charge in [0.2, 0.25) is 0 Å². The second kappa shape index (κ2) is 3.49. The minimum atomic E-state index is -0.563. The lowest BCUT2D eigenvalue weighted by Gasteiger charge is -2.26. The highest BCUT2D eigenvalue weighted by Crippen LogP contribution is 2.54. The molecule has 0 atom stereocenters. The molecule has 1 heterocycles. The van der Waals surface area contributed by atoms with Crippen molar-refractivity contribution in [2.75, 3.05) is 6.54 Å². The highest BCUT2D eigenvalue weighted by atomic mass is 16.2. The van der Waals surface area contributed by atoms with Gasteiger partial charge >= 0.3 is 6.03 Å². The van der Waals surface area contributed by atoms with Crippen molar-refractivity contribution < 1.29 is 9.59 Å². The standard InChI is InChI=1S/C13H16N2O2/c1-2-3-8-15-11(16)13(9-4-5-9,10-6-7-10)14-12(15)17/h9-10H,4-8H2,1H3,(H,14,17). The number of rotatable bonds is 3. The van der Waals surface area contributed by atoms with Gasteiger partial charge in [-0.15, -0.1) is 5.92 Å². The molecule has 0 radical (unpaired) electrons. The average molecular weight is 232 g/mol. The van der Waals surface area contributed by atoms with Gasteiger partial charge in [0.25, 0.3) is 5.91 Å². The van der Waals surface area contributed by atoms with E-state index >= 15 is 0 Å². The number of imide groups is 1. The summed E-state index contributed by atoms with van der Waals surface area (Å²) in [6.45, 7) is 1.94. The van der Waals surface area contributed by atoms with Crippen LogP contribution in [-0.4, -0.2) is 28.9 Å². The highest BCUT2D eigenvalue weighted by Gasteiger charge is 2.65. The number of hydrogen-bond donors (Lipinski definition) is 1. The van der Waals surface area contributed by atoms with E-state index in [4.69, 9.17) is 0 Å². The molecule has 1 N–H and O–H groups in total. The predicted octanol–water partition coefficient (Wildman–Crippen LogP) is 1.12. The average Bonchev–Trinajstić information content (AvgIpc) is 3.17. The second-order valence-electron chi connectivity index (χ2n) is 5.17. The van der Waals surface area contributed by atoms with E-state index in [-0.39, 0.29) is 18.5 Å². The van der Waals surface area contributed by atoms with Crippen LogP contribution in [0.5, 0.6) is 0 Å². The van der Waals surface area contributed by atoms with Gasteiger partial charge in [0.05, 0.1) is 6.54 Å². The van der Waals surface area contributed by atoms with Gasteiger partial charge in [0.15, 0.2) is 0 Å².